The SMILES string of the molecule is Cc1cncc(C2Nc3ccnc(C)c3C(O)N2)c1. The van der Waals surface area contributed by atoms with Crippen LogP contribution in [0.3, 0.4) is 0 Å². The lowest BCUT2D eigenvalue weighted by Gasteiger charge is -2.32. The van der Waals surface area contributed by atoms with Gasteiger partial charge in [0.1, 0.15) is 12.4 Å². The predicted molar refractivity (Wildman–Crippen MR) is 72.4 cm³/mol. The average molecular weight is 256 g/mol. The smallest absolute Gasteiger partial charge is 0.136 e. The highest BCUT2D eigenvalue weighted by Gasteiger charge is 2.26. The summed E-state index contributed by atoms with van der Waals surface area (Å²) in [6.07, 6.45) is 4.46. The molecule has 0 fully saturated rings. The Morgan fingerprint density at radius 2 is 2.11 bits per heavy atom. The fourth-order valence-electron chi connectivity index (χ4n) is 2.40. The molecule has 3 N–H and O–H groups in total. The molecule has 2 atom stereocenters. The zero-order valence-corrected chi connectivity index (χ0v) is 10.9. The van der Waals surface area contributed by atoms with Gasteiger partial charge in [-0.3, -0.25) is 15.3 Å². The van der Waals surface area contributed by atoms with Gasteiger partial charge >= 0.3 is 0 Å². The third-order valence-electron chi connectivity index (χ3n) is 3.32. The van der Waals surface area contributed by atoms with Crippen molar-refractivity contribution >= 4 is 5.69 Å². The van der Waals surface area contributed by atoms with Crippen LogP contribution in [-0.4, -0.2) is 15.1 Å². The number of nitrogens with one attached hydrogen (secondary N) is 2. The number of fused-ring (bicyclic) bond motifs is 1. The third-order valence-corrected chi connectivity index (χ3v) is 3.32. The number of pyridine rings is 2. The van der Waals surface area contributed by atoms with Crippen molar-refractivity contribution in [1.82, 2.24) is 15.3 Å². The third kappa shape index (κ3) is 2.18. The fourth-order valence-corrected chi connectivity index (χ4v) is 2.40. The molecule has 5 nitrogen and oxygen atoms in total. The highest BCUT2D eigenvalue weighted by atomic mass is 16.3. The molecule has 3 heterocycles. The maximum absolute atomic E-state index is 10.2. The van der Waals surface area contributed by atoms with Crippen molar-refractivity contribution < 1.29 is 5.11 Å². The van der Waals surface area contributed by atoms with Crippen molar-refractivity contribution in [2.24, 2.45) is 0 Å². The summed E-state index contributed by atoms with van der Waals surface area (Å²) in [6, 6.07) is 3.92. The van der Waals surface area contributed by atoms with E-state index in [0.717, 1.165) is 28.1 Å². The number of aliphatic hydroxyl groups is 1. The van der Waals surface area contributed by atoms with E-state index in [1.807, 2.05) is 32.2 Å². The van der Waals surface area contributed by atoms with E-state index >= 15 is 0 Å². The first kappa shape index (κ1) is 12.1. The van der Waals surface area contributed by atoms with Gasteiger partial charge in [-0.2, -0.15) is 0 Å². The molecule has 2 aromatic heterocycles. The number of hydrogen-bond acceptors (Lipinski definition) is 5. The molecule has 0 saturated carbocycles. The summed E-state index contributed by atoms with van der Waals surface area (Å²) < 4.78 is 0. The molecule has 0 aromatic carbocycles. The Balaban J connectivity index is 1.97. The van der Waals surface area contributed by atoms with Crippen LogP contribution in [0.15, 0.2) is 30.7 Å². The van der Waals surface area contributed by atoms with E-state index in [1.165, 1.54) is 0 Å². The van der Waals surface area contributed by atoms with Gasteiger partial charge < -0.3 is 10.4 Å². The first-order valence-corrected chi connectivity index (χ1v) is 6.23. The van der Waals surface area contributed by atoms with E-state index in [9.17, 15) is 5.11 Å². The van der Waals surface area contributed by atoms with Gasteiger partial charge in [0.05, 0.1) is 0 Å². The number of anilines is 1. The van der Waals surface area contributed by atoms with Crippen molar-refractivity contribution in [3.63, 3.8) is 0 Å². The van der Waals surface area contributed by atoms with Gasteiger partial charge in [-0.1, -0.05) is 0 Å². The summed E-state index contributed by atoms with van der Waals surface area (Å²) in [5, 5.41) is 16.7. The number of rotatable bonds is 1. The Hall–Kier alpha value is -1.98. The summed E-state index contributed by atoms with van der Waals surface area (Å²) in [4.78, 5) is 8.39. The molecule has 0 radical (unpaired) electrons. The summed E-state index contributed by atoms with van der Waals surface area (Å²) in [5.74, 6) is 0. The molecular formula is C14H16N4O. The lowest BCUT2D eigenvalue weighted by atomic mass is 10.0. The Morgan fingerprint density at radius 1 is 1.26 bits per heavy atom. The van der Waals surface area contributed by atoms with Crippen molar-refractivity contribution in [1.29, 1.82) is 0 Å². The zero-order chi connectivity index (χ0) is 13.4. The molecule has 3 rings (SSSR count). The monoisotopic (exact) mass is 256 g/mol. The minimum absolute atomic E-state index is 0.156. The van der Waals surface area contributed by atoms with Gasteiger partial charge in [-0.05, 0) is 31.5 Å². The van der Waals surface area contributed by atoms with Gasteiger partial charge in [0.2, 0.25) is 0 Å². The van der Waals surface area contributed by atoms with Gasteiger partial charge in [-0.25, -0.2) is 0 Å². The van der Waals surface area contributed by atoms with Crippen LogP contribution in [0.2, 0.25) is 0 Å². The number of aryl methyl sites for hydroxylation is 2. The topological polar surface area (TPSA) is 70.1 Å². The van der Waals surface area contributed by atoms with Gasteiger partial charge in [0.25, 0.3) is 0 Å². The van der Waals surface area contributed by atoms with E-state index in [0.29, 0.717) is 0 Å². The van der Waals surface area contributed by atoms with Gasteiger partial charge in [0.15, 0.2) is 0 Å². The quantitative estimate of drug-likeness (QED) is 0.725. The van der Waals surface area contributed by atoms with E-state index in [4.69, 9.17) is 0 Å². The number of hydrogen-bond donors (Lipinski definition) is 3. The largest absolute Gasteiger partial charge is 0.374 e. The zero-order valence-electron chi connectivity index (χ0n) is 10.9. The molecule has 19 heavy (non-hydrogen) atoms. The van der Waals surface area contributed by atoms with Crippen LogP contribution < -0.4 is 10.6 Å². The van der Waals surface area contributed by atoms with E-state index < -0.39 is 6.23 Å². The lowest BCUT2D eigenvalue weighted by Crippen LogP contribution is -2.37. The summed E-state index contributed by atoms with van der Waals surface area (Å²) >= 11 is 0. The first-order chi connectivity index (χ1) is 9.15. The molecule has 2 aromatic rings. The van der Waals surface area contributed by atoms with Crippen molar-refractivity contribution in [3.8, 4) is 0 Å². The molecular weight excluding hydrogens is 240 g/mol. The summed E-state index contributed by atoms with van der Waals surface area (Å²) in [6.45, 7) is 3.89. The first-order valence-electron chi connectivity index (χ1n) is 6.23. The number of aromatic nitrogens is 2. The van der Waals surface area contributed by atoms with Crippen molar-refractivity contribution in [3.05, 3.63) is 53.1 Å². The second-order valence-corrected chi connectivity index (χ2v) is 4.80. The Morgan fingerprint density at radius 3 is 2.89 bits per heavy atom. The molecule has 5 heteroatoms. The van der Waals surface area contributed by atoms with E-state index in [-0.39, 0.29) is 6.17 Å². The Kier molecular flexibility index (Phi) is 2.93. The minimum Gasteiger partial charge on any atom is -0.374 e. The van der Waals surface area contributed by atoms with Gasteiger partial charge in [0, 0.05) is 41.1 Å². The van der Waals surface area contributed by atoms with E-state index in [1.54, 1.807) is 12.4 Å². The van der Waals surface area contributed by atoms with Crippen molar-refractivity contribution in [2.45, 2.75) is 26.2 Å². The Labute approximate surface area is 111 Å². The number of aliphatic hydroxyl groups excluding tert-OH is 1. The lowest BCUT2D eigenvalue weighted by molar-refractivity contribution is 0.121. The molecule has 0 bridgehead atoms. The molecule has 0 aliphatic carbocycles. The standard InChI is InChI=1S/C14H16N4O/c1-8-5-10(7-15-6-8)13-17-11-3-4-16-9(2)12(11)14(19)18-13/h3-7,13-14,17-19H,1-2H3. The highest BCUT2D eigenvalue weighted by Crippen LogP contribution is 2.32. The van der Waals surface area contributed by atoms with Crippen LogP contribution in [0.1, 0.15) is 34.8 Å². The Bertz CT molecular complexity index is 614. The average Bonchev–Trinajstić information content (AvgIpc) is 2.38. The molecule has 1 aliphatic rings. The van der Waals surface area contributed by atoms with Crippen molar-refractivity contribution in [2.75, 3.05) is 5.32 Å². The molecule has 98 valence electrons. The van der Waals surface area contributed by atoms with Crippen LogP contribution in [0.5, 0.6) is 0 Å². The molecule has 1 aliphatic heterocycles. The summed E-state index contributed by atoms with van der Waals surface area (Å²) in [7, 11) is 0. The van der Waals surface area contributed by atoms with Crippen LogP contribution in [0.4, 0.5) is 5.69 Å². The summed E-state index contributed by atoms with van der Waals surface area (Å²) in [5.41, 5.74) is 4.63. The molecule has 0 amide bonds. The van der Waals surface area contributed by atoms with E-state index in [2.05, 4.69) is 20.6 Å². The van der Waals surface area contributed by atoms with Gasteiger partial charge in [-0.15, -0.1) is 0 Å². The van der Waals surface area contributed by atoms with Crippen LogP contribution >= 0.6 is 0 Å². The molecule has 2 unspecified atom stereocenters. The van der Waals surface area contributed by atoms with Crippen LogP contribution in [0.25, 0.3) is 0 Å². The highest BCUT2D eigenvalue weighted by molar-refractivity contribution is 5.56. The van der Waals surface area contributed by atoms with Crippen LogP contribution in [-0.2, 0) is 0 Å². The minimum atomic E-state index is -0.726. The fraction of sp³-hybridized carbons (Fsp3) is 0.286. The maximum Gasteiger partial charge on any atom is 0.136 e. The van der Waals surface area contributed by atoms with Crippen LogP contribution in [0, 0.1) is 13.8 Å². The normalized spacial score (nSPS) is 21.6. The number of nitrogens with zero attached hydrogens (tertiary/aromatic N) is 2. The molecule has 0 saturated heterocycles. The maximum atomic E-state index is 10.2. The second kappa shape index (κ2) is 4.60. The predicted octanol–water partition coefficient (Wildman–Crippen LogP) is 1.80. The molecule has 0 spiro atoms. The second-order valence-electron chi connectivity index (χ2n) is 4.80.